The minimum atomic E-state index is -0.492. The molecule has 0 aliphatic heterocycles. The van der Waals surface area contributed by atoms with Gasteiger partial charge in [-0.3, -0.25) is 0 Å². The number of aromatic nitrogens is 4. The largest absolute Gasteiger partial charge is 0.390 e. The van der Waals surface area contributed by atoms with E-state index in [2.05, 4.69) is 27.8 Å². The average molecular weight is 275 g/mol. The Morgan fingerprint density at radius 1 is 1.50 bits per heavy atom. The number of thioether (sulfide) groups is 1. The van der Waals surface area contributed by atoms with Gasteiger partial charge in [0.15, 0.2) is 0 Å². The van der Waals surface area contributed by atoms with Crippen LogP contribution in [0.3, 0.4) is 0 Å². The normalized spacial score (nSPS) is 12.8. The van der Waals surface area contributed by atoms with Crippen LogP contribution in [-0.2, 0) is 11.3 Å². The average Bonchev–Trinajstić information content (AvgIpc) is 2.82. The van der Waals surface area contributed by atoms with E-state index in [4.69, 9.17) is 4.74 Å². The Morgan fingerprint density at radius 2 is 2.33 bits per heavy atom. The molecule has 0 spiro atoms. The highest BCUT2D eigenvalue weighted by Gasteiger charge is 2.10. The van der Waals surface area contributed by atoms with Crippen molar-refractivity contribution < 1.29 is 9.84 Å². The number of likely N-dealkylation sites (N-methyl/N-ethyl adjacent to an activating group) is 1. The van der Waals surface area contributed by atoms with E-state index in [0.717, 1.165) is 24.8 Å². The third kappa shape index (κ3) is 5.76. The third-order valence-corrected chi connectivity index (χ3v) is 3.27. The number of aliphatic hydroxyl groups excluding tert-OH is 1. The molecule has 0 aromatic carbocycles. The predicted molar refractivity (Wildman–Crippen MR) is 69.6 cm³/mol. The Bertz CT molecular complexity index is 323. The van der Waals surface area contributed by atoms with E-state index in [1.165, 1.54) is 11.8 Å². The standard InChI is InChI=1S/C10H21N5O2S/c1-3-11-5-6-15-10(12-13-14-15)18-8-9(16)7-17-4-2/h9,11,16H,3-8H2,1-2H3. The summed E-state index contributed by atoms with van der Waals surface area (Å²) in [7, 11) is 0. The van der Waals surface area contributed by atoms with E-state index in [9.17, 15) is 5.11 Å². The zero-order chi connectivity index (χ0) is 13.2. The summed E-state index contributed by atoms with van der Waals surface area (Å²) in [5.41, 5.74) is 0. The number of ether oxygens (including phenoxy) is 1. The zero-order valence-corrected chi connectivity index (χ0v) is 11.7. The van der Waals surface area contributed by atoms with Crippen molar-refractivity contribution in [3.63, 3.8) is 0 Å². The molecular formula is C10H21N5O2S. The Labute approximate surface area is 111 Å². The Kier molecular flexibility index (Phi) is 7.90. The maximum Gasteiger partial charge on any atom is 0.209 e. The van der Waals surface area contributed by atoms with E-state index in [1.807, 2.05) is 6.92 Å². The summed E-state index contributed by atoms with van der Waals surface area (Å²) in [4.78, 5) is 0. The molecule has 104 valence electrons. The first-order valence-electron chi connectivity index (χ1n) is 6.13. The Hall–Kier alpha value is -0.700. The van der Waals surface area contributed by atoms with Gasteiger partial charge in [0.1, 0.15) is 0 Å². The topological polar surface area (TPSA) is 85.1 Å². The van der Waals surface area contributed by atoms with Crippen molar-refractivity contribution in [2.24, 2.45) is 0 Å². The van der Waals surface area contributed by atoms with Crippen LogP contribution in [0.2, 0.25) is 0 Å². The highest BCUT2D eigenvalue weighted by atomic mass is 32.2. The molecule has 1 unspecified atom stereocenters. The highest BCUT2D eigenvalue weighted by molar-refractivity contribution is 7.99. The summed E-state index contributed by atoms with van der Waals surface area (Å²) >= 11 is 1.44. The van der Waals surface area contributed by atoms with Crippen LogP contribution >= 0.6 is 11.8 Å². The van der Waals surface area contributed by atoms with E-state index in [1.54, 1.807) is 4.68 Å². The molecule has 18 heavy (non-hydrogen) atoms. The maximum absolute atomic E-state index is 9.65. The van der Waals surface area contributed by atoms with Gasteiger partial charge in [0, 0.05) is 18.9 Å². The van der Waals surface area contributed by atoms with Crippen molar-refractivity contribution in [1.29, 1.82) is 0 Å². The van der Waals surface area contributed by atoms with Crippen LogP contribution < -0.4 is 5.32 Å². The summed E-state index contributed by atoms with van der Waals surface area (Å²) < 4.78 is 6.88. The van der Waals surface area contributed by atoms with Gasteiger partial charge >= 0.3 is 0 Å². The Balaban J connectivity index is 2.30. The van der Waals surface area contributed by atoms with Crippen LogP contribution in [0, 0.1) is 0 Å². The molecule has 1 rings (SSSR count). The van der Waals surface area contributed by atoms with Gasteiger partial charge in [-0.25, -0.2) is 4.68 Å². The first-order valence-corrected chi connectivity index (χ1v) is 7.12. The summed E-state index contributed by atoms with van der Waals surface area (Å²) in [5.74, 6) is 0.529. The maximum atomic E-state index is 9.65. The van der Waals surface area contributed by atoms with E-state index >= 15 is 0 Å². The molecule has 0 bridgehead atoms. The minimum absolute atomic E-state index is 0.350. The fourth-order valence-electron chi connectivity index (χ4n) is 1.27. The van der Waals surface area contributed by atoms with E-state index in [-0.39, 0.29) is 0 Å². The molecule has 1 atom stereocenters. The lowest BCUT2D eigenvalue weighted by atomic mass is 10.4. The molecule has 0 saturated heterocycles. The van der Waals surface area contributed by atoms with Crippen molar-refractivity contribution in [1.82, 2.24) is 25.5 Å². The molecule has 2 N–H and O–H groups in total. The van der Waals surface area contributed by atoms with Crippen LogP contribution in [0.25, 0.3) is 0 Å². The molecule has 0 aliphatic carbocycles. The monoisotopic (exact) mass is 275 g/mol. The number of hydrogen-bond donors (Lipinski definition) is 2. The smallest absolute Gasteiger partial charge is 0.209 e. The van der Waals surface area contributed by atoms with E-state index < -0.39 is 6.10 Å². The van der Waals surface area contributed by atoms with Crippen LogP contribution in [0.5, 0.6) is 0 Å². The summed E-state index contributed by atoms with van der Waals surface area (Å²) in [6, 6.07) is 0. The SMILES string of the molecule is CCNCCn1nnnc1SCC(O)COCC. The summed E-state index contributed by atoms with van der Waals surface area (Å²) in [5, 5.41) is 25.1. The summed E-state index contributed by atoms with van der Waals surface area (Å²) in [6.45, 7) is 7.41. The molecule has 0 radical (unpaired) electrons. The van der Waals surface area contributed by atoms with Gasteiger partial charge in [0.05, 0.1) is 19.3 Å². The number of nitrogens with one attached hydrogen (secondary N) is 1. The molecular weight excluding hydrogens is 254 g/mol. The molecule has 0 fully saturated rings. The van der Waals surface area contributed by atoms with E-state index in [0.29, 0.717) is 19.0 Å². The van der Waals surface area contributed by atoms with Crippen molar-refractivity contribution in [2.45, 2.75) is 31.7 Å². The zero-order valence-electron chi connectivity index (χ0n) is 10.9. The van der Waals surface area contributed by atoms with Gasteiger partial charge in [-0.2, -0.15) is 0 Å². The lowest BCUT2D eigenvalue weighted by Gasteiger charge is -2.09. The molecule has 0 aliphatic rings. The number of rotatable bonds is 10. The van der Waals surface area contributed by atoms with Crippen molar-refractivity contribution >= 4 is 11.8 Å². The minimum Gasteiger partial charge on any atom is -0.390 e. The first-order chi connectivity index (χ1) is 8.77. The molecule has 1 aromatic heterocycles. The molecule has 1 aromatic rings. The van der Waals surface area contributed by atoms with Gasteiger partial charge in [-0.05, 0) is 23.9 Å². The summed E-state index contributed by atoms with van der Waals surface area (Å²) in [6.07, 6.45) is -0.492. The molecule has 8 heteroatoms. The number of aliphatic hydroxyl groups is 1. The molecule has 1 heterocycles. The lowest BCUT2D eigenvalue weighted by molar-refractivity contribution is 0.0551. The lowest BCUT2D eigenvalue weighted by Crippen LogP contribution is -2.21. The van der Waals surface area contributed by atoms with Crippen LogP contribution in [-0.4, -0.2) is 63.5 Å². The molecule has 7 nitrogen and oxygen atoms in total. The highest BCUT2D eigenvalue weighted by Crippen LogP contribution is 2.14. The second kappa shape index (κ2) is 9.26. The number of nitrogens with zero attached hydrogens (tertiary/aromatic N) is 4. The van der Waals surface area contributed by atoms with Gasteiger partial charge in [0.2, 0.25) is 5.16 Å². The molecule has 0 saturated carbocycles. The Morgan fingerprint density at radius 3 is 3.06 bits per heavy atom. The third-order valence-electron chi connectivity index (χ3n) is 2.17. The van der Waals surface area contributed by atoms with Crippen molar-refractivity contribution in [3.8, 4) is 0 Å². The van der Waals surface area contributed by atoms with Crippen molar-refractivity contribution in [2.75, 3.05) is 32.1 Å². The fraction of sp³-hybridized carbons (Fsp3) is 0.900. The second-order valence-electron chi connectivity index (χ2n) is 3.66. The van der Waals surface area contributed by atoms with Crippen LogP contribution in [0.4, 0.5) is 0 Å². The van der Waals surface area contributed by atoms with Crippen molar-refractivity contribution in [3.05, 3.63) is 0 Å². The second-order valence-corrected chi connectivity index (χ2v) is 4.65. The van der Waals surface area contributed by atoms with Gasteiger partial charge in [-0.1, -0.05) is 18.7 Å². The van der Waals surface area contributed by atoms with Gasteiger partial charge in [0.25, 0.3) is 0 Å². The number of tetrazole rings is 1. The molecule has 0 amide bonds. The van der Waals surface area contributed by atoms with Gasteiger partial charge in [-0.15, -0.1) is 5.10 Å². The fourth-order valence-corrected chi connectivity index (χ4v) is 2.08. The van der Waals surface area contributed by atoms with Gasteiger partial charge < -0.3 is 15.2 Å². The quantitative estimate of drug-likeness (QED) is 0.451. The predicted octanol–water partition coefficient (Wildman–Crippen LogP) is -0.228. The first kappa shape index (κ1) is 15.4. The van der Waals surface area contributed by atoms with Crippen LogP contribution in [0.15, 0.2) is 5.16 Å². The van der Waals surface area contributed by atoms with Crippen LogP contribution in [0.1, 0.15) is 13.8 Å². The number of hydrogen-bond acceptors (Lipinski definition) is 7.